The van der Waals surface area contributed by atoms with E-state index in [1.165, 1.54) is 0 Å². The van der Waals surface area contributed by atoms with Crippen LogP contribution in [0.25, 0.3) is 0 Å². The maximum atomic E-state index is 12.4. The van der Waals surface area contributed by atoms with Crippen LogP contribution in [-0.2, 0) is 19.7 Å². The van der Waals surface area contributed by atoms with Crippen molar-refractivity contribution in [2.24, 2.45) is 5.92 Å². The first-order valence-electron chi connectivity index (χ1n) is 8.20. The fourth-order valence-electron chi connectivity index (χ4n) is 2.27. The van der Waals surface area contributed by atoms with Crippen LogP contribution in [0.5, 0.6) is 0 Å². The highest BCUT2D eigenvalue weighted by molar-refractivity contribution is 7.86. The molecular formula is C18H30O3S. The molecule has 1 atom stereocenters. The Balaban J connectivity index is 2.82. The summed E-state index contributed by atoms with van der Waals surface area (Å²) in [5, 5.41) is 0. The molecule has 0 bridgehead atoms. The van der Waals surface area contributed by atoms with Crippen LogP contribution in [0, 0.1) is 5.92 Å². The lowest BCUT2D eigenvalue weighted by Crippen LogP contribution is -2.16. The van der Waals surface area contributed by atoms with Gasteiger partial charge in [-0.15, -0.1) is 0 Å². The lowest BCUT2D eigenvalue weighted by atomic mass is 9.87. The van der Waals surface area contributed by atoms with Gasteiger partial charge in [0.25, 0.3) is 10.1 Å². The van der Waals surface area contributed by atoms with Crippen LogP contribution in [0.2, 0.25) is 0 Å². The van der Waals surface area contributed by atoms with Crippen molar-refractivity contribution in [1.82, 2.24) is 0 Å². The van der Waals surface area contributed by atoms with Gasteiger partial charge in [0, 0.05) is 0 Å². The van der Waals surface area contributed by atoms with Crippen LogP contribution >= 0.6 is 0 Å². The predicted octanol–water partition coefficient (Wildman–Crippen LogP) is 4.91. The van der Waals surface area contributed by atoms with Gasteiger partial charge in [0.05, 0.1) is 11.5 Å². The summed E-state index contributed by atoms with van der Waals surface area (Å²) in [4.78, 5) is 0.255. The minimum Gasteiger partial charge on any atom is -0.266 e. The first kappa shape index (κ1) is 19.2. The average molecular weight is 327 g/mol. The van der Waals surface area contributed by atoms with Gasteiger partial charge in [-0.05, 0) is 35.4 Å². The molecule has 126 valence electrons. The topological polar surface area (TPSA) is 43.4 Å². The van der Waals surface area contributed by atoms with E-state index < -0.39 is 10.1 Å². The Labute approximate surface area is 136 Å². The van der Waals surface area contributed by atoms with E-state index in [2.05, 4.69) is 34.6 Å². The molecule has 0 aliphatic carbocycles. The molecule has 0 spiro atoms. The number of hydrogen-bond acceptors (Lipinski definition) is 3. The first-order chi connectivity index (χ1) is 10.2. The van der Waals surface area contributed by atoms with Crippen molar-refractivity contribution in [3.05, 3.63) is 29.8 Å². The van der Waals surface area contributed by atoms with E-state index in [0.717, 1.165) is 31.2 Å². The molecule has 0 aliphatic rings. The SMILES string of the molecule is CCCCC(CC)COS(=O)(=O)c1cccc(C(C)(C)C)c1. The molecule has 1 rings (SSSR count). The minimum absolute atomic E-state index is 0.0847. The molecule has 22 heavy (non-hydrogen) atoms. The molecule has 1 aromatic carbocycles. The fourth-order valence-corrected chi connectivity index (χ4v) is 3.29. The summed E-state index contributed by atoms with van der Waals surface area (Å²) >= 11 is 0. The molecule has 0 saturated heterocycles. The molecule has 0 aliphatic heterocycles. The molecule has 0 saturated carbocycles. The van der Waals surface area contributed by atoms with Crippen molar-refractivity contribution in [2.75, 3.05) is 6.61 Å². The quantitative estimate of drug-likeness (QED) is 0.638. The van der Waals surface area contributed by atoms with Crippen LogP contribution < -0.4 is 0 Å². The van der Waals surface area contributed by atoms with Crippen LogP contribution in [0.4, 0.5) is 0 Å². The van der Waals surface area contributed by atoms with Gasteiger partial charge in [-0.25, -0.2) is 0 Å². The second-order valence-corrected chi connectivity index (χ2v) is 8.55. The molecule has 4 heteroatoms. The fraction of sp³-hybridized carbons (Fsp3) is 0.667. The third-order valence-corrected chi connectivity index (χ3v) is 5.27. The Bertz CT molecular complexity index is 556. The van der Waals surface area contributed by atoms with E-state index in [4.69, 9.17) is 4.18 Å². The second kappa shape index (κ2) is 8.11. The lowest BCUT2D eigenvalue weighted by molar-refractivity contribution is 0.238. The molecule has 1 unspecified atom stereocenters. The molecule has 0 fully saturated rings. The van der Waals surface area contributed by atoms with Crippen molar-refractivity contribution in [3.8, 4) is 0 Å². The summed E-state index contributed by atoms with van der Waals surface area (Å²) in [7, 11) is -3.67. The Hall–Kier alpha value is -0.870. The van der Waals surface area contributed by atoms with Gasteiger partial charge >= 0.3 is 0 Å². The number of hydrogen-bond donors (Lipinski definition) is 0. The van der Waals surface area contributed by atoms with E-state index in [-0.39, 0.29) is 16.9 Å². The highest BCUT2D eigenvalue weighted by Crippen LogP contribution is 2.25. The van der Waals surface area contributed by atoms with Crippen molar-refractivity contribution in [3.63, 3.8) is 0 Å². The van der Waals surface area contributed by atoms with Crippen molar-refractivity contribution in [1.29, 1.82) is 0 Å². The Morgan fingerprint density at radius 1 is 1.18 bits per heavy atom. The maximum absolute atomic E-state index is 12.4. The summed E-state index contributed by atoms with van der Waals surface area (Å²) in [5.41, 5.74) is 0.911. The van der Waals surface area contributed by atoms with Crippen LogP contribution in [-0.4, -0.2) is 15.0 Å². The van der Waals surface area contributed by atoms with Crippen LogP contribution in [0.3, 0.4) is 0 Å². The van der Waals surface area contributed by atoms with E-state index in [9.17, 15) is 8.42 Å². The molecule has 0 radical (unpaired) electrons. The second-order valence-electron chi connectivity index (χ2n) is 6.93. The van der Waals surface area contributed by atoms with E-state index in [0.29, 0.717) is 5.92 Å². The van der Waals surface area contributed by atoms with Gasteiger partial charge in [-0.3, -0.25) is 4.18 Å². The largest absolute Gasteiger partial charge is 0.296 e. The smallest absolute Gasteiger partial charge is 0.266 e. The maximum Gasteiger partial charge on any atom is 0.296 e. The van der Waals surface area contributed by atoms with Crippen molar-refractivity contribution in [2.45, 2.75) is 70.6 Å². The highest BCUT2D eigenvalue weighted by Gasteiger charge is 2.21. The van der Waals surface area contributed by atoms with Crippen molar-refractivity contribution < 1.29 is 12.6 Å². The first-order valence-corrected chi connectivity index (χ1v) is 9.61. The molecular weight excluding hydrogens is 296 g/mol. The molecule has 1 aromatic rings. The summed E-state index contributed by atoms with van der Waals surface area (Å²) in [6.07, 6.45) is 4.19. The third kappa shape index (κ3) is 5.73. The summed E-state index contributed by atoms with van der Waals surface area (Å²) in [5.74, 6) is 0.306. The zero-order valence-corrected chi connectivity index (χ0v) is 15.4. The normalized spacial score (nSPS) is 14.0. The van der Waals surface area contributed by atoms with E-state index >= 15 is 0 Å². The van der Waals surface area contributed by atoms with E-state index in [1.807, 2.05) is 6.07 Å². The Morgan fingerprint density at radius 2 is 1.86 bits per heavy atom. The molecule has 0 heterocycles. The monoisotopic (exact) mass is 326 g/mol. The molecule has 0 aromatic heterocycles. The zero-order valence-electron chi connectivity index (χ0n) is 14.6. The summed E-state index contributed by atoms with van der Waals surface area (Å²) in [6.45, 7) is 10.7. The van der Waals surface area contributed by atoms with Crippen LogP contribution in [0.15, 0.2) is 29.2 Å². The standard InChI is InChI=1S/C18H30O3S/c1-6-8-10-15(7-2)14-21-22(19,20)17-12-9-11-16(13-17)18(3,4)5/h9,11-13,15H,6-8,10,14H2,1-5H3. The lowest BCUT2D eigenvalue weighted by Gasteiger charge is -2.20. The number of unbranched alkanes of at least 4 members (excludes halogenated alkanes) is 1. The zero-order chi connectivity index (χ0) is 16.8. The third-order valence-electron chi connectivity index (χ3n) is 3.99. The Morgan fingerprint density at radius 3 is 2.41 bits per heavy atom. The minimum atomic E-state index is -3.67. The molecule has 3 nitrogen and oxygen atoms in total. The van der Waals surface area contributed by atoms with Gasteiger partial charge < -0.3 is 0 Å². The van der Waals surface area contributed by atoms with Crippen molar-refractivity contribution >= 4 is 10.1 Å². The molecule has 0 N–H and O–H groups in total. The summed E-state index contributed by atoms with van der Waals surface area (Å²) < 4.78 is 30.1. The Kier molecular flexibility index (Phi) is 7.07. The highest BCUT2D eigenvalue weighted by atomic mass is 32.2. The summed E-state index contributed by atoms with van der Waals surface area (Å²) in [6, 6.07) is 7.07. The van der Waals surface area contributed by atoms with Gasteiger partial charge in [0.2, 0.25) is 0 Å². The number of rotatable bonds is 8. The average Bonchev–Trinajstić information content (AvgIpc) is 2.47. The predicted molar refractivity (Wildman–Crippen MR) is 91.6 cm³/mol. The van der Waals surface area contributed by atoms with Gasteiger partial charge in [0.15, 0.2) is 0 Å². The molecule has 0 amide bonds. The van der Waals surface area contributed by atoms with Gasteiger partial charge in [-0.2, -0.15) is 8.42 Å². The van der Waals surface area contributed by atoms with Gasteiger partial charge in [0.1, 0.15) is 0 Å². The van der Waals surface area contributed by atoms with E-state index in [1.54, 1.807) is 18.2 Å². The number of benzene rings is 1. The van der Waals surface area contributed by atoms with Crippen LogP contribution in [0.1, 0.15) is 65.9 Å². The van der Waals surface area contributed by atoms with Gasteiger partial charge in [-0.1, -0.05) is 66.0 Å².